The maximum Gasteiger partial charge on any atom is 0.0540 e. The normalized spacial score (nSPS) is 20.6. The first-order valence-corrected chi connectivity index (χ1v) is 20.8. The summed E-state index contributed by atoms with van der Waals surface area (Å²) in [6, 6.07) is 72.4. The molecule has 0 heterocycles. The number of anilines is 3. The van der Waals surface area contributed by atoms with E-state index in [9.17, 15) is 0 Å². The van der Waals surface area contributed by atoms with E-state index < -0.39 is 0 Å². The highest BCUT2D eigenvalue weighted by molar-refractivity contribution is 6.10. The smallest absolute Gasteiger partial charge is 0.0540 e. The molecule has 0 amide bonds. The molecule has 0 aliphatic heterocycles. The molecule has 4 fully saturated rings. The van der Waals surface area contributed by atoms with Crippen molar-refractivity contribution in [3.05, 3.63) is 200 Å². The predicted octanol–water partition coefficient (Wildman–Crippen LogP) is 15.3. The fourth-order valence-corrected chi connectivity index (χ4v) is 11.7. The van der Waals surface area contributed by atoms with Crippen molar-refractivity contribution in [1.29, 1.82) is 0 Å². The average Bonchev–Trinajstić information content (AvgIpc) is 4.05. The van der Waals surface area contributed by atoms with E-state index in [1.54, 1.807) is 5.56 Å². The zero-order valence-corrected chi connectivity index (χ0v) is 32.0. The standard InChI is InChI=1S/C56H43N/c1-2-13-40(14-3-1)55-48-17-7-5-12-38(48)23-30-49(55)39-21-26-45(27-22-39)57(46-28-24-43(25-29-46)56-35-41-33-44(56)34-42(41)36-56)54-32-31-52(51-18-8-9-19-53(51)54)50-20-10-15-37-11-4-6-16-47(37)50/h1-32,41-42,44H,33-36H2. The Morgan fingerprint density at radius 2 is 0.947 bits per heavy atom. The summed E-state index contributed by atoms with van der Waals surface area (Å²) in [5.74, 6) is 2.80. The minimum absolute atomic E-state index is 0.406. The van der Waals surface area contributed by atoms with E-state index in [0.29, 0.717) is 5.41 Å². The predicted molar refractivity (Wildman–Crippen MR) is 241 cm³/mol. The molecule has 1 nitrogen and oxygen atoms in total. The first-order chi connectivity index (χ1) is 28.2. The number of fused-ring (bicyclic) bond motifs is 3. The summed E-state index contributed by atoms with van der Waals surface area (Å²) in [4.78, 5) is 2.49. The van der Waals surface area contributed by atoms with Crippen LogP contribution < -0.4 is 4.90 Å². The molecule has 4 bridgehead atoms. The van der Waals surface area contributed by atoms with Crippen LogP contribution in [0.2, 0.25) is 0 Å². The summed E-state index contributed by atoms with van der Waals surface area (Å²) in [6.45, 7) is 0. The molecule has 0 aromatic heterocycles. The van der Waals surface area contributed by atoms with Crippen LogP contribution >= 0.6 is 0 Å². The van der Waals surface area contributed by atoms with E-state index in [-0.39, 0.29) is 0 Å². The molecule has 4 saturated carbocycles. The van der Waals surface area contributed by atoms with Crippen LogP contribution in [0.4, 0.5) is 17.1 Å². The van der Waals surface area contributed by atoms with Crippen molar-refractivity contribution >= 4 is 49.4 Å². The number of nitrogens with zero attached hydrogens (tertiary/aromatic N) is 1. The van der Waals surface area contributed by atoms with Gasteiger partial charge in [-0.15, -0.1) is 0 Å². The third-order valence-corrected chi connectivity index (χ3v) is 14.2. The molecule has 4 aliphatic rings. The summed E-state index contributed by atoms with van der Waals surface area (Å²) < 4.78 is 0. The first kappa shape index (κ1) is 32.8. The molecule has 9 aromatic rings. The summed E-state index contributed by atoms with van der Waals surface area (Å²) >= 11 is 0. The van der Waals surface area contributed by atoms with Crippen molar-refractivity contribution in [1.82, 2.24) is 0 Å². The van der Waals surface area contributed by atoms with Crippen LogP contribution in [0.15, 0.2) is 194 Å². The van der Waals surface area contributed by atoms with Crippen molar-refractivity contribution in [3.8, 4) is 33.4 Å². The van der Waals surface area contributed by atoms with Gasteiger partial charge in [-0.25, -0.2) is 0 Å². The third-order valence-electron chi connectivity index (χ3n) is 14.2. The second-order valence-corrected chi connectivity index (χ2v) is 17.0. The van der Waals surface area contributed by atoms with E-state index in [2.05, 4.69) is 199 Å². The van der Waals surface area contributed by atoms with E-state index in [0.717, 1.165) is 23.4 Å². The highest BCUT2D eigenvalue weighted by atomic mass is 15.1. The lowest BCUT2D eigenvalue weighted by Gasteiger charge is -2.31. The molecule has 1 heteroatoms. The van der Waals surface area contributed by atoms with Crippen LogP contribution in [-0.2, 0) is 5.41 Å². The highest BCUT2D eigenvalue weighted by Crippen LogP contribution is 2.70. The summed E-state index contributed by atoms with van der Waals surface area (Å²) in [7, 11) is 0. The van der Waals surface area contributed by atoms with Gasteiger partial charge in [-0.05, 0) is 145 Å². The number of rotatable bonds is 7. The van der Waals surface area contributed by atoms with Gasteiger partial charge in [0.05, 0.1) is 5.69 Å². The van der Waals surface area contributed by atoms with Gasteiger partial charge in [0, 0.05) is 16.8 Å². The minimum atomic E-state index is 0.406. The molecule has 2 unspecified atom stereocenters. The topological polar surface area (TPSA) is 3.24 Å². The Bertz CT molecular complexity index is 2960. The Hall–Kier alpha value is -6.44. The van der Waals surface area contributed by atoms with Crippen LogP contribution in [0.1, 0.15) is 31.2 Å². The number of hydrogen-bond donors (Lipinski definition) is 0. The van der Waals surface area contributed by atoms with Crippen molar-refractivity contribution in [3.63, 3.8) is 0 Å². The Balaban J connectivity index is 1.01. The maximum absolute atomic E-state index is 2.49. The maximum atomic E-state index is 2.49. The molecule has 0 N–H and O–H groups in total. The van der Waals surface area contributed by atoms with Crippen molar-refractivity contribution in [2.45, 2.75) is 31.1 Å². The summed E-state index contributed by atoms with van der Waals surface area (Å²) in [5.41, 5.74) is 13.0. The molecule has 4 aliphatic carbocycles. The number of hydrogen-bond acceptors (Lipinski definition) is 1. The van der Waals surface area contributed by atoms with Crippen LogP contribution in [0.25, 0.3) is 65.7 Å². The minimum Gasteiger partial charge on any atom is -0.310 e. The van der Waals surface area contributed by atoms with Gasteiger partial charge in [-0.1, -0.05) is 164 Å². The number of benzene rings is 9. The molecule has 0 spiro atoms. The SMILES string of the molecule is c1ccc(-c2c(-c3ccc(N(c4ccc(C56CC7CC5CC7C6)cc4)c4ccc(-c5cccc6ccccc56)c5ccccc45)cc3)ccc3ccccc23)cc1. The van der Waals surface area contributed by atoms with Gasteiger partial charge >= 0.3 is 0 Å². The van der Waals surface area contributed by atoms with Gasteiger partial charge < -0.3 is 4.90 Å². The summed E-state index contributed by atoms with van der Waals surface area (Å²) in [6.07, 6.45) is 5.69. The lowest BCUT2D eigenvalue weighted by molar-refractivity contribution is 0.371. The van der Waals surface area contributed by atoms with E-state index in [4.69, 9.17) is 0 Å². The second-order valence-electron chi connectivity index (χ2n) is 17.0. The molecular weight excluding hydrogens is 687 g/mol. The molecule has 0 saturated heterocycles. The van der Waals surface area contributed by atoms with Gasteiger partial charge in [0.25, 0.3) is 0 Å². The van der Waals surface area contributed by atoms with Gasteiger partial charge in [0.15, 0.2) is 0 Å². The van der Waals surface area contributed by atoms with Crippen LogP contribution in [0, 0.1) is 17.8 Å². The average molecular weight is 730 g/mol. The van der Waals surface area contributed by atoms with Crippen molar-refractivity contribution in [2.75, 3.05) is 4.90 Å². The quantitative estimate of drug-likeness (QED) is 0.158. The Kier molecular flexibility index (Phi) is 7.36. The Morgan fingerprint density at radius 1 is 0.386 bits per heavy atom. The zero-order valence-electron chi connectivity index (χ0n) is 32.0. The lowest BCUT2D eigenvalue weighted by Crippen LogP contribution is -2.24. The van der Waals surface area contributed by atoms with Crippen LogP contribution in [-0.4, -0.2) is 0 Å². The summed E-state index contributed by atoms with van der Waals surface area (Å²) in [5, 5.41) is 7.58. The highest BCUT2D eigenvalue weighted by Gasteiger charge is 2.63. The monoisotopic (exact) mass is 729 g/mol. The molecule has 0 radical (unpaired) electrons. The van der Waals surface area contributed by atoms with Crippen LogP contribution in [0.3, 0.4) is 0 Å². The fourth-order valence-electron chi connectivity index (χ4n) is 11.7. The zero-order chi connectivity index (χ0) is 37.5. The van der Waals surface area contributed by atoms with Crippen LogP contribution in [0.5, 0.6) is 0 Å². The molecule has 2 atom stereocenters. The third kappa shape index (κ3) is 5.08. The fraction of sp³-hybridized carbons (Fsp3) is 0.143. The largest absolute Gasteiger partial charge is 0.310 e. The van der Waals surface area contributed by atoms with E-state index >= 15 is 0 Å². The molecular formula is C56H43N. The van der Waals surface area contributed by atoms with E-state index in [1.165, 1.54) is 103 Å². The molecule has 272 valence electrons. The van der Waals surface area contributed by atoms with Crippen molar-refractivity contribution in [2.24, 2.45) is 17.8 Å². The molecule has 9 aromatic carbocycles. The Morgan fingerprint density at radius 3 is 1.65 bits per heavy atom. The molecule has 13 rings (SSSR count). The van der Waals surface area contributed by atoms with Gasteiger partial charge in [-0.3, -0.25) is 0 Å². The first-order valence-electron chi connectivity index (χ1n) is 20.8. The second kappa shape index (κ2) is 12.8. The molecule has 57 heavy (non-hydrogen) atoms. The van der Waals surface area contributed by atoms with Gasteiger partial charge in [0.1, 0.15) is 0 Å². The van der Waals surface area contributed by atoms with Crippen molar-refractivity contribution < 1.29 is 0 Å². The van der Waals surface area contributed by atoms with Gasteiger partial charge in [0.2, 0.25) is 0 Å². The lowest BCUT2D eigenvalue weighted by atomic mass is 9.75. The van der Waals surface area contributed by atoms with Gasteiger partial charge in [-0.2, -0.15) is 0 Å². The Labute approximate surface area is 334 Å². The van der Waals surface area contributed by atoms with E-state index in [1.807, 2.05) is 0 Å².